The van der Waals surface area contributed by atoms with Gasteiger partial charge in [0.25, 0.3) is 0 Å². The zero-order valence-corrected chi connectivity index (χ0v) is 16.9. The molecule has 1 N–H and O–H groups in total. The summed E-state index contributed by atoms with van der Waals surface area (Å²) in [5.74, 6) is 2.52. The van der Waals surface area contributed by atoms with E-state index < -0.39 is 0 Å². The molecule has 4 fully saturated rings. The van der Waals surface area contributed by atoms with Crippen molar-refractivity contribution in [2.24, 2.45) is 17.8 Å². The van der Waals surface area contributed by atoms with Crippen LogP contribution in [0.4, 0.5) is 0 Å². The Morgan fingerprint density at radius 2 is 1.28 bits per heavy atom. The second-order valence-corrected chi connectivity index (χ2v) is 9.95. The molecule has 3 saturated carbocycles. The van der Waals surface area contributed by atoms with Gasteiger partial charge in [0.05, 0.1) is 0 Å². The average molecular weight is 367 g/mol. The fourth-order valence-electron chi connectivity index (χ4n) is 7.26. The van der Waals surface area contributed by atoms with Crippen LogP contribution >= 0.6 is 11.6 Å². The molecule has 0 aromatic carbocycles. The molecule has 1 heterocycles. The molecule has 4 aliphatic rings. The van der Waals surface area contributed by atoms with E-state index in [1.54, 1.807) is 0 Å². The van der Waals surface area contributed by atoms with E-state index in [4.69, 9.17) is 11.6 Å². The molecule has 0 aromatic heterocycles. The van der Waals surface area contributed by atoms with E-state index >= 15 is 0 Å². The Labute approximate surface area is 160 Å². The van der Waals surface area contributed by atoms with Gasteiger partial charge in [-0.05, 0) is 56.3 Å². The van der Waals surface area contributed by atoms with Gasteiger partial charge >= 0.3 is 0 Å². The summed E-state index contributed by atoms with van der Waals surface area (Å²) in [6.07, 6.45) is 20.0. The Balaban J connectivity index is 1.74. The van der Waals surface area contributed by atoms with Gasteiger partial charge in [0, 0.05) is 30.7 Å². The highest BCUT2D eigenvalue weighted by molar-refractivity contribution is 6.20. The lowest BCUT2D eigenvalue weighted by Gasteiger charge is -2.60. The Bertz CT molecular complexity index is 390. The van der Waals surface area contributed by atoms with E-state index in [2.05, 4.69) is 10.2 Å². The molecule has 2 nitrogen and oxygen atoms in total. The van der Waals surface area contributed by atoms with Crippen molar-refractivity contribution >= 4 is 11.6 Å². The number of rotatable bonds is 4. The maximum atomic E-state index is 7.14. The smallest absolute Gasteiger partial charge is 0.0486 e. The van der Waals surface area contributed by atoms with E-state index in [1.807, 2.05) is 0 Å². The van der Waals surface area contributed by atoms with Crippen LogP contribution in [0.15, 0.2) is 0 Å². The molecule has 0 bridgehead atoms. The van der Waals surface area contributed by atoms with E-state index in [0.717, 1.165) is 24.4 Å². The molecule has 2 atom stereocenters. The molecule has 0 aromatic rings. The number of nitrogens with one attached hydrogen (secondary N) is 1. The third-order valence-corrected chi connectivity index (χ3v) is 8.73. The van der Waals surface area contributed by atoms with Crippen LogP contribution in [0.5, 0.6) is 0 Å². The van der Waals surface area contributed by atoms with Crippen molar-refractivity contribution in [2.45, 2.75) is 101 Å². The molecule has 0 spiro atoms. The third-order valence-electron chi connectivity index (χ3n) is 8.20. The van der Waals surface area contributed by atoms with E-state index in [9.17, 15) is 0 Å². The molecule has 25 heavy (non-hydrogen) atoms. The first-order valence-electron chi connectivity index (χ1n) is 11.4. The SMILES string of the molecule is ClC1CCCCC1C(C1CCCCC1)(C1CCCCC1)N1CCNC1. The van der Waals surface area contributed by atoms with Crippen LogP contribution in [-0.4, -0.2) is 35.6 Å². The van der Waals surface area contributed by atoms with E-state index in [-0.39, 0.29) is 0 Å². The quantitative estimate of drug-likeness (QED) is 0.656. The second-order valence-electron chi connectivity index (χ2n) is 9.39. The molecule has 144 valence electrons. The normalized spacial score (nSPS) is 34.4. The molecule has 0 radical (unpaired) electrons. The van der Waals surface area contributed by atoms with Gasteiger partial charge in [-0.3, -0.25) is 4.90 Å². The minimum absolute atomic E-state index is 0.400. The average Bonchev–Trinajstić information content (AvgIpc) is 3.21. The minimum Gasteiger partial charge on any atom is -0.303 e. The number of halogens is 1. The van der Waals surface area contributed by atoms with Crippen molar-refractivity contribution in [3.63, 3.8) is 0 Å². The Morgan fingerprint density at radius 1 is 0.720 bits per heavy atom. The lowest BCUT2D eigenvalue weighted by atomic mass is 9.55. The summed E-state index contributed by atoms with van der Waals surface area (Å²) in [6.45, 7) is 3.56. The van der Waals surface area contributed by atoms with E-state index in [0.29, 0.717) is 10.9 Å². The molecular formula is C22H39ClN2. The van der Waals surface area contributed by atoms with Crippen LogP contribution < -0.4 is 5.32 Å². The van der Waals surface area contributed by atoms with Crippen molar-refractivity contribution in [1.82, 2.24) is 10.2 Å². The summed E-state index contributed by atoms with van der Waals surface area (Å²) in [5.41, 5.74) is 0.400. The first-order chi connectivity index (χ1) is 12.3. The van der Waals surface area contributed by atoms with Crippen LogP contribution in [0.1, 0.15) is 89.9 Å². The lowest BCUT2D eigenvalue weighted by molar-refractivity contribution is -0.0855. The highest BCUT2D eigenvalue weighted by Crippen LogP contribution is 2.54. The van der Waals surface area contributed by atoms with Crippen molar-refractivity contribution in [2.75, 3.05) is 19.8 Å². The molecule has 0 amide bonds. The standard InChI is InChI=1S/C22H39ClN2/c23-21-14-8-7-13-20(21)22(25-16-15-24-17-25,18-9-3-1-4-10-18)19-11-5-2-6-12-19/h18-21,24H,1-17H2. The molecule has 1 aliphatic heterocycles. The summed E-state index contributed by atoms with van der Waals surface area (Å²) < 4.78 is 0. The van der Waals surface area contributed by atoms with Crippen LogP contribution in [0, 0.1) is 17.8 Å². The van der Waals surface area contributed by atoms with Crippen LogP contribution in [0.2, 0.25) is 0 Å². The molecule has 1 saturated heterocycles. The largest absolute Gasteiger partial charge is 0.303 e. The van der Waals surface area contributed by atoms with Crippen LogP contribution in [0.25, 0.3) is 0 Å². The summed E-state index contributed by atoms with van der Waals surface area (Å²) in [7, 11) is 0. The zero-order chi connectivity index (χ0) is 17.1. The Morgan fingerprint density at radius 3 is 1.80 bits per heavy atom. The molecule has 3 heteroatoms. The summed E-state index contributed by atoms with van der Waals surface area (Å²) in [6, 6.07) is 0. The van der Waals surface area contributed by atoms with Gasteiger partial charge in [0.2, 0.25) is 0 Å². The summed E-state index contributed by atoms with van der Waals surface area (Å²) in [4.78, 5) is 2.93. The molecular weight excluding hydrogens is 328 g/mol. The first kappa shape index (κ1) is 18.6. The fraction of sp³-hybridized carbons (Fsp3) is 1.00. The predicted molar refractivity (Wildman–Crippen MR) is 107 cm³/mol. The van der Waals surface area contributed by atoms with Crippen molar-refractivity contribution in [1.29, 1.82) is 0 Å². The monoisotopic (exact) mass is 366 g/mol. The van der Waals surface area contributed by atoms with Crippen molar-refractivity contribution < 1.29 is 0 Å². The second kappa shape index (κ2) is 8.48. The maximum absolute atomic E-state index is 7.14. The fourth-order valence-corrected chi connectivity index (χ4v) is 7.75. The molecule has 3 aliphatic carbocycles. The van der Waals surface area contributed by atoms with Crippen molar-refractivity contribution in [3.8, 4) is 0 Å². The summed E-state index contributed by atoms with van der Waals surface area (Å²) in [5, 5.41) is 4.11. The summed E-state index contributed by atoms with van der Waals surface area (Å²) >= 11 is 7.14. The van der Waals surface area contributed by atoms with Gasteiger partial charge < -0.3 is 5.32 Å². The predicted octanol–water partition coefficient (Wildman–Crippen LogP) is 5.55. The van der Waals surface area contributed by atoms with Gasteiger partial charge in [-0.1, -0.05) is 51.4 Å². The molecule has 2 unspecified atom stereocenters. The Hall–Kier alpha value is 0.210. The van der Waals surface area contributed by atoms with Gasteiger partial charge in [0.1, 0.15) is 0 Å². The number of nitrogens with zero attached hydrogens (tertiary/aromatic N) is 1. The van der Waals surface area contributed by atoms with Crippen LogP contribution in [-0.2, 0) is 0 Å². The first-order valence-corrected chi connectivity index (χ1v) is 11.9. The number of hydrogen-bond acceptors (Lipinski definition) is 2. The highest BCUT2D eigenvalue weighted by Gasteiger charge is 2.56. The number of hydrogen-bond donors (Lipinski definition) is 1. The highest BCUT2D eigenvalue weighted by atomic mass is 35.5. The van der Waals surface area contributed by atoms with Gasteiger partial charge in [0.15, 0.2) is 0 Å². The van der Waals surface area contributed by atoms with Gasteiger partial charge in [-0.2, -0.15) is 0 Å². The number of alkyl halides is 1. The third kappa shape index (κ3) is 3.52. The minimum atomic E-state index is 0.400. The maximum Gasteiger partial charge on any atom is 0.0486 e. The Kier molecular flexibility index (Phi) is 6.30. The lowest BCUT2D eigenvalue weighted by Crippen LogP contribution is -2.65. The van der Waals surface area contributed by atoms with Gasteiger partial charge in [-0.15, -0.1) is 11.6 Å². The van der Waals surface area contributed by atoms with Crippen LogP contribution in [0.3, 0.4) is 0 Å². The van der Waals surface area contributed by atoms with Crippen molar-refractivity contribution in [3.05, 3.63) is 0 Å². The van der Waals surface area contributed by atoms with Gasteiger partial charge in [-0.25, -0.2) is 0 Å². The molecule has 4 rings (SSSR count). The topological polar surface area (TPSA) is 15.3 Å². The van der Waals surface area contributed by atoms with E-state index in [1.165, 1.54) is 103 Å². The zero-order valence-electron chi connectivity index (χ0n) is 16.2.